The van der Waals surface area contributed by atoms with Gasteiger partial charge in [0.1, 0.15) is 0 Å². The van der Waals surface area contributed by atoms with E-state index in [2.05, 4.69) is 5.32 Å². The standard InChI is InChI=1S/C24H34N2O5/c1-2-31-24(30)19-12-14-20(15-13-19)25-21(27)11-9-7-5-3-4-6-8-10-18-26-22(28)16-17-23(26)29/h12-15H,2-11,16-18H2,1H3,(H,25,27). The topological polar surface area (TPSA) is 92.8 Å². The van der Waals surface area contributed by atoms with E-state index in [4.69, 9.17) is 4.74 Å². The van der Waals surface area contributed by atoms with Crippen LogP contribution >= 0.6 is 0 Å². The maximum atomic E-state index is 12.0. The van der Waals surface area contributed by atoms with Crippen molar-refractivity contribution in [1.82, 2.24) is 4.90 Å². The first-order chi connectivity index (χ1) is 15.0. The number of amides is 3. The molecule has 0 atom stereocenters. The van der Waals surface area contributed by atoms with Gasteiger partial charge in [-0.2, -0.15) is 0 Å². The second kappa shape index (κ2) is 13.6. The van der Waals surface area contributed by atoms with Gasteiger partial charge in [0.25, 0.3) is 0 Å². The Morgan fingerprint density at radius 2 is 1.42 bits per heavy atom. The average Bonchev–Trinajstić information content (AvgIpc) is 3.07. The molecule has 7 nitrogen and oxygen atoms in total. The number of carbonyl (C=O) groups excluding carboxylic acids is 4. The zero-order valence-electron chi connectivity index (χ0n) is 18.5. The summed E-state index contributed by atoms with van der Waals surface area (Å²) in [5.74, 6) is -0.433. The van der Waals surface area contributed by atoms with Crippen LogP contribution in [-0.2, 0) is 19.1 Å². The number of hydrogen-bond donors (Lipinski definition) is 1. The molecule has 1 aliphatic rings. The molecule has 1 heterocycles. The van der Waals surface area contributed by atoms with Gasteiger partial charge in [0, 0.05) is 31.5 Å². The fourth-order valence-corrected chi connectivity index (χ4v) is 3.62. The van der Waals surface area contributed by atoms with E-state index in [1.165, 1.54) is 4.90 Å². The predicted molar refractivity (Wildman–Crippen MR) is 119 cm³/mol. The molecular formula is C24H34N2O5. The Labute approximate surface area is 184 Å². The Morgan fingerprint density at radius 1 is 0.871 bits per heavy atom. The molecule has 1 aromatic carbocycles. The molecule has 1 aliphatic heterocycles. The minimum atomic E-state index is -0.364. The summed E-state index contributed by atoms with van der Waals surface area (Å²) in [5, 5.41) is 2.85. The van der Waals surface area contributed by atoms with Gasteiger partial charge in [-0.15, -0.1) is 0 Å². The summed E-state index contributed by atoms with van der Waals surface area (Å²) in [7, 11) is 0. The van der Waals surface area contributed by atoms with Crippen LogP contribution in [0.2, 0.25) is 0 Å². The number of rotatable bonds is 14. The van der Waals surface area contributed by atoms with Crippen molar-refractivity contribution < 1.29 is 23.9 Å². The van der Waals surface area contributed by atoms with Gasteiger partial charge >= 0.3 is 5.97 Å². The molecule has 0 aliphatic carbocycles. The van der Waals surface area contributed by atoms with E-state index in [1.54, 1.807) is 31.2 Å². The van der Waals surface area contributed by atoms with E-state index in [-0.39, 0.29) is 23.7 Å². The lowest BCUT2D eigenvalue weighted by atomic mass is 10.1. The minimum absolute atomic E-state index is 0.0186. The number of ether oxygens (including phenoxy) is 1. The lowest BCUT2D eigenvalue weighted by molar-refractivity contribution is -0.138. The molecule has 1 saturated heterocycles. The summed E-state index contributed by atoms with van der Waals surface area (Å²) >= 11 is 0. The van der Waals surface area contributed by atoms with Gasteiger partial charge in [-0.3, -0.25) is 19.3 Å². The molecule has 1 fully saturated rings. The molecule has 3 amide bonds. The summed E-state index contributed by atoms with van der Waals surface area (Å²) in [4.78, 5) is 48.1. The molecule has 0 unspecified atom stereocenters. The maximum Gasteiger partial charge on any atom is 0.338 e. The second-order valence-corrected chi connectivity index (χ2v) is 7.86. The summed E-state index contributed by atoms with van der Waals surface area (Å²) in [6.07, 6.45) is 9.52. The number of anilines is 1. The van der Waals surface area contributed by atoms with Crippen LogP contribution in [0.25, 0.3) is 0 Å². The SMILES string of the molecule is CCOC(=O)c1ccc(NC(=O)CCCCCCCCCCN2C(=O)CCC2=O)cc1. The number of benzene rings is 1. The monoisotopic (exact) mass is 430 g/mol. The summed E-state index contributed by atoms with van der Waals surface area (Å²) in [5.41, 5.74) is 1.15. The summed E-state index contributed by atoms with van der Waals surface area (Å²) in [6.45, 7) is 2.66. The number of hydrogen-bond acceptors (Lipinski definition) is 5. The first-order valence-corrected chi connectivity index (χ1v) is 11.4. The smallest absolute Gasteiger partial charge is 0.338 e. The molecule has 0 spiro atoms. The highest BCUT2D eigenvalue weighted by molar-refractivity contribution is 6.01. The fourth-order valence-electron chi connectivity index (χ4n) is 3.62. The third kappa shape index (κ3) is 8.90. The highest BCUT2D eigenvalue weighted by Crippen LogP contribution is 2.15. The normalized spacial score (nSPS) is 13.5. The number of carbonyl (C=O) groups is 4. The Bertz CT molecular complexity index is 729. The van der Waals surface area contributed by atoms with Crippen LogP contribution in [0, 0.1) is 0 Å². The highest BCUT2D eigenvalue weighted by atomic mass is 16.5. The number of unbranched alkanes of at least 4 members (excludes halogenated alkanes) is 7. The first-order valence-electron chi connectivity index (χ1n) is 11.4. The van der Waals surface area contributed by atoms with Gasteiger partial charge in [-0.25, -0.2) is 4.79 Å². The van der Waals surface area contributed by atoms with Crippen molar-refractivity contribution in [2.45, 2.75) is 77.6 Å². The van der Waals surface area contributed by atoms with Crippen LogP contribution in [0.5, 0.6) is 0 Å². The Kier molecular flexibility index (Phi) is 10.8. The molecular weight excluding hydrogens is 396 g/mol. The summed E-state index contributed by atoms with van der Waals surface area (Å²) in [6, 6.07) is 6.71. The van der Waals surface area contributed by atoms with Crippen LogP contribution in [-0.4, -0.2) is 41.7 Å². The van der Waals surface area contributed by atoms with Gasteiger partial charge in [-0.1, -0.05) is 38.5 Å². The zero-order chi connectivity index (χ0) is 22.5. The fraction of sp³-hybridized carbons (Fsp3) is 0.583. The first kappa shape index (κ1) is 24.6. The summed E-state index contributed by atoms with van der Waals surface area (Å²) < 4.78 is 4.94. The Balaban J connectivity index is 1.45. The van der Waals surface area contributed by atoms with E-state index < -0.39 is 0 Å². The third-order valence-corrected chi connectivity index (χ3v) is 5.37. The van der Waals surface area contributed by atoms with Crippen molar-refractivity contribution in [3.8, 4) is 0 Å². The Hall–Kier alpha value is -2.70. The van der Waals surface area contributed by atoms with Crippen molar-refractivity contribution in [1.29, 1.82) is 0 Å². The van der Waals surface area contributed by atoms with E-state index in [0.717, 1.165) is 51.4 Å². The van der Waals surface area contributed by atoms with Crippen LogP contribution in [0.3, 0.4) is 0 Å². The van der Waals surface area contributed by atoms with E-state index in [0.29, 0.717) is 43.7 Å². The molecule has 1 aromatic rings. The van der Waals surface area contributed by atoms with Crippen LogP contribution < -0.4 is 5.32 Å². The van der Waals surface area contributed by atoms with Crippen molar-refractivity contribution in [3.05, 3.63) is 29.8 Å². The second-order valence-electron chi connectivity index (χ2n) is 7.86. The molecule has 0 saturated carbocycles. The lowest BCUT2D eigenvalue weighted by Crippen LogP contribution is -2.29. The van der Waals surface area contributed by atoms with Crippen LogP contribution in [0.4, 0.5) is 5.69 Å². The molecule has 7 heteroatoms. The van der Waals surface area contributed by atoms with Crippen molar-refractivity contribution >= 4 is 29.4 Å². The number of esters is 1. The van der Waals surface area contributed by atoms with Gasteiger partial charge in [0.05, 0.1) is 12.2 Å². The number of nitrogens with one attached hydrogen (secondary N) is 1. The molecule has 1 N–H and O–H groups in total. The van der Waals surface area contributed by atoms with Gasteiger partial charge < -0.3 is 10.1 Å². The van der Waals surface area contributed by atoms with Crippen LogP contribution in [0.15, 0.2) is 24.3 Å². The van der Waals surface area contributed by atoms with Crippen molar-refractivity contribution in [2.24, 2.45) is 0 Å². The zero-order valence-corrected chi connectivity index (χ0v) is 18.5. The maximum absolute atomic E-state index is 12.0. The van der Waals surface area contributed by atoms with E-state index >= 15 is 0 Å². The van der Waals surface area contributed by atoms with Crippen LogP contribution in [0.1, 0.15) is 87.9 Å². The van der Waals surface area contributed by atoms with Gasteiger partial charge in [-0.05, 0) is 44.0 Å². The number of imide groups is 1. The molecule has 2 rings (SSSR count). The molecule has 170 valence electrons. The third-order valence-electron chi connectivity index (χ3n) is 5.37. The minimum Gasteiger partial charge on any atom is -0.462 e. The van der Waals surface area contributed by atoms with Crippen molar-refractivity contribution in [3.63, 3.8) is 0 Å². The van der Waals surface area contributed by atoms with Crippen molar-refractivity contribution in [2.75, 3.05) is 18.5 Å². The van der Waals surface area contributed by atoms with E-state index in [1.807, 2.05) is 0 Å². The number of nitrogens with zero attached hydrogens (tertiary/aromatic N) is 1. The van der Waals surface area contributed by atoms with E-state index in [9.17, 15) is 19.2 Å². The highest BCUT2D eigenvalue weighted by Gasteiger charge is 2.27. The quantitative estimate of drug-likeness (QED) is 0.267. The van der Waals surface area contributed by atoms with Gasteiger partial charge in [0.2, 0.25) is 17.7 Å². The van der Waals surface area contributed by atoms with Gasteiger partial charge in [0.15, 0.2) is 0 Å². The molecule has 0 aromatic heterocycles. The lowest BCUT2D eigenvalue weighted by Gasteiger charge is -2.13. The largest absolute Gasteiger partial charge is 0.462 e. The average molecular weight is 431 g/mol. The Morgan fingerprint density at radius 3 is 2.00 bits per heavy atom. The number of likely N-dealkylation sites (tertiary alicyclic amines) is 1. The molecule has 0 radical (unpaired) electrons. The molecule has 31 heavy (non-hydrogen) atoms. The predicted octanol–water partition coefficient (Wildman–Crippen LogP) is 4.46. The molecule has 0 bridgehead atoms.